The first-order valence-electron chi connectivity index (χ1n) is 5.47. The summed E-state index contributed by atoms with van der Waals surface area (Å²) in [6.45, 7) is 1.96. The number of hydrogen-bond donors (Lipinski definition) is 1. The molecular formula is C12H13BrFN3O. The average molecular weight is 314 g/mol. The highest BCUT2D eigenvalue weighted by atomic mass is 79.9. The lowest BCUT2D eigenvalue weighted by Gasteiger charge is -2.08. The van der Waals surface area contributed by atoms with Crippen molar-refractivity contribution >= 4 is 21.6 Å². The summed E-state index contributed by atoms with van der Waals surface area (Å²) in [6, 6.07) is 4.22. The summed E-state index contributed by atoms with van der Waals surface area (Å²) in [7, 11) is 1.73. The standard InChI is InChI=1S/C12H13BrFN3O/c1-3-9-11(15)12(17(2)16-9)18-10-6-7(14)4-5-8(10)13/h4-6H,3,15H2,1-2H3. The first-order valence-corrected chi connectivity index (χ1v) is 6.26. The van der Waals surface area contributed by atoms with Gasteiger partial charge in [-0.15, -0.1) is 0 Å². The summed E-state index contributed by atoms with van der Waals surface area (Å²) in [5.41, 5.74) is 7.18. The molecule has 0 bridgehead atoms. The van der Waals surface area contributed by atoms with E-state index >= 15 is 0 Å². The van der Waals surface area contributed by atoms with Crippen LogP contribution >= 0.6 is 15.9 Å². The lowest BCUT2D eigenvalue weighted by molar-refractivity contribution is 0.426. The Hall–Kier alpha value is -1.56. The Morgan fingerprint density at radius 3 is 2.83 bits per heavy atom. The number of aromatic nitrogens is 2. The quantitative estimate of drug-likeness (QED) is 0.946. The molecule has 0 aliphatic rings. The number of rotatable bonds is 3. The minimum atomic E-state index is -0.371. The monoisotopic (exact) mass is 313 g/mol. The molecule has 0 saturated heterocycles. The fraction of sp³-hybridized carbons (Fsp3) is 0.250. The van der Waals surface area contributed by atoms with Crippen molar-refractivity contribution in [1.82, 2.24) is 9.78 Å². The maximum atomic E-state index is 13.2. The molecule has 0 unspecified atom stereocenters. The van der Waals surface area contributed by atoms with Crippen LogP contribution in [-0.4, -0.2) is 9.78 Å². The van der Waals surface area contributed by atoms with Gasteiger partial charge in [-0.25, -0.2) is 9.07 Å². The van der Waals surface area contributed by atoms with Crippen LogP contribution in [0.2, 0.25) is 0 Å². The van der Waals surface area contributed by atoms with Crippen LogP contribution < -0.4 is 10.5 Å². The van der Waals surface area contributed by atoms with Gasteiger partial charge in [-0.3, -0.25) is 0 Å². The molecule has 2 rings (SSSR count). The molecule has 0 amide bonds. The predicted octanol–water partition coefficient (Wildman–Crippen LogP) is 3.26. The van der Waals surface area contributed by atoms with E-state index in [4.69, 9.17) is 10.5 Å². The molecular weight excluding hydrogens is 301 g/mol. The van der Waals surface area contributed by atoms with Crippen molar-refractivity contribution in [2.24, 2.45) is 7.05 Å². The summed E-state index contributed by atoms with van der Waals surface area (Å²) in [4.78, 5) is 0. The van der Waals surface area contributed by atoms with Crippen molar-refractivity contribution in [2.45, 2.75) is 13.3 Å². The second kappa shape index (κ2) is 4.97. The van der Waals surface area contributed by atoms with Gasteiger partial charge in [0, 0.05) is 13.1 Å². The number of hydrogen-bond acceptors (Lipinski definition) is 3. The molecule has 0 saturated carbocycles. The topological polar surface area (TPSA) is 53.1 Å². The lowest BCUT2D eigenvalue weighted by Crippen LogP contribution is -1.97. The van der Waals surface area contributed by atoms with Crippen LogP contribution in [0.4, 0.5) is 10.1 Å². The Balaban J connectivity index is 2.39. The van der Waals surface area contributed by atoms with Gasteiger partial charge in [0.05, 0.1) is 10.2 Å². The molecule has 1 heterocycles. The smallest absolute Gasteiger partial charge is 0.241 e. The van der Waals surface area contributed by atoms with Crippen LogP contribution in [0.15, 0.2) is 22.7 Å². The minimum absolute atomic E-state index is 0.368. The third kappa shape index (κ3) is 2.33. The van der Waals surface area contributed by atoms with E-state index < -0.39 is 0 Å². The second-order valence-electron chi connectivity index (χ2n) is 3.82. The van der Waals surface area contributed by atoms with E-state index in [1.807, 2.05) is 6.92 Å². The highest BCUT2D eigenvalue weighted by molar-refractivity contribution is 9.10. The van der Waals surface area contributed by atoms with E-state index in [1.165, 1.54) is 12.1 Å². The molecule has 2 aromatic rings. The maximum absolute atomic E-state index is 13.2. The van der Waals surface area contributed by atoms with Gasteiger partial charge in [-0.1, -0.05) is 6.92 Å². The van der Waals surface area contributed by atoms with Crippen LogP contribution in [0.5, 0.6) is 11.6 Å². The molecule has 0 atom stereocenters. The number of nitrogens with two attached hydrogens (primary N) is 1. The van der Waals surface area contributed by atoms with Crippen molar-refractivity contribution in [3.8, 4) is 11.6 Å². The van der Waals surface area contributed by atoms with Crippen molar-refractivity contribution in [1.29, 1.82) is 0 Å². The van der Waals surface area contributed by atoms with E-state index in [1.54, 1.807) is 17.8 Å². The Labute approximate surface area is 113 Å². The first kappa shape index (κ1) is 12.9. The van der Waals surface area contributed by atoms with Gasteiger partial charge in [-0.05, 0) is 34.5 Å². The largest absolute Gasteiger partial charge is 0.436 e. The third-order valence-corrected chi connectivity index (χ3v) is 3.20. The number of ether oxygens (including phenoxy) is 1. The van der Waals surface area contributed by atoms with E-state index in [0.717, 1.165) is 5.69 Å². The molecule has 0 aliphatic heterocycles. The van der Waals surface area contributed by atoms with Gasteiger partial charge in [0.25, 0.3) is 0 Å². The highest BCUT2D eigenvalue weighted by Crippen LogP contribution is 2.34. The number of nitrogens with zero attached hydrogens (tertiary/aromatic N) is 2. The molecule has 1 aromatic heterocycles. The van der Waals surface area contributed by atoms with E-state index in [0.29, 0.717) is 28.2 Å². The number of anilines is 1. The number of aryl methyl sites for hydroxylation is 2. The van der Waals surface area contributed by atoms with Crippen molar-refractivity contribution in [2.75, 3.05) is 5.73 Å². The number of benzene rings is 1. The molecule has 1 aromatic carbocycles. The second-order valence-corrected chi connectivity index (χ2v) is 4.67. The van der Waals surface area contributed by atoms with E-state index in [9.17, 15) is 4.39 Å². The summed E-state index contributed by atoms with van der Waals surface area (Å²) in [5.74, 6) is 0.412. The lowest BCUT2D eigenvalue weighted by atomic mass is 10.3. The van der Waals surface area contributed by atoms with Crippen LogP contribution in [0.1, 0.15) is 12.6 Å². The zero-order chi connectivity index (χ0) is 13.3. The minimum Gasteiger partial charge on any atom is -0.436 e. The fourth-order valence-corrected chi connectivity index (χ4v) is 1.95. The van der Waals surface area contributed by atoms with E-state index in [2.05, 4.69) is 21.0 Å². The Morgan fingerprint density at radius 1 is 1.50 bits per heavy atom. The number of halogens is 2. The zero-order valence-corrected chi connectivity index (χ0v) is 11.7. The Morgan fingerprint density at radius 2 is 2.22 bits per heavy atom. The van der Waals surface area contributed by atoms with Gasteiger partial charge in [0.1, 0.15) is 17.3 Å². The van der Waals surface area contributed by atoms with Crippen LogP contribution in [0.3, 0.4) is 0 Å². The predicted molar refractivity (Wildman–Crippen MR) is 71.2 cm³/mol. The van der Waals surface area contributed by atoms with Gasteiger partial charge >= 0.3 is 0 Å². The van der Waals surface area contributed by atoms with Crippen molar-refractivity contribution in [3.05, 3.63) is 34.2 Å². The Bertz CT molecular complexity index is 583. The molecule has 0 fully saturated rings. The Kier molecular flexibility index (Phi) is 3.56. The summed E-state index contributed by atoms with van der Waals surface area (Å²) in [5, 5.41) is 4.23. The molecule has 0 spiro atoms. The van der Waals surface area contributed by atoms with Gasteiger partial charge in [-0.2, -0.15) is 5.10 Å². The van der Waals surface area contributed by atoms with Gasteiger partial charge in [0.2, 0.25) is 5.88 Å². The zero-order valence-electron chi connectivity index (χ0n) is 10.1. The SMILES string of the molecule is CCc1nn(C)c(Oc2cc(F)ccc2Br)c1N. The van der Waals surface area contributed by atoms with Gasteiger partial charge in [0.15, 0.2) is 0 Å². The molecule has 4 nitrogen and oxygen atoms in total. The molecule has 0 aliphatic carbocycles. The summed E-state index contributed by atoms with van der Waals surface area (Å²) < 4.78 is 21.0. The normalized spacial score (nSPS) is 10.7. The molecule has 0 radical (unpaired) electrons. The van der Waals surface area contributed by atoms with Crippen LogP contribution in [-0.2, 0) is 13.5 Å². The third-order valence-electron chi connectivity index (χ3n) is 2.54. The van der Waals surface area contributed by atoms with Crippen molar-refractivity contribution in [3.63, 3.8) is 0 Å². The first-order chi connectivity index (χ1) is 8.52. The van der Waals surface area contributed by atoms with Gasteiger partial charge < -0.3 is 10.5 Å². The van der Waals surface area contributed by atoms with E-state index in [-0.39, 0.29) is 5.82 Å². The molecule has 6 heteroatoms. The maximum Gasteiger partial charge on any atom is 0.241 e. The molecule has 2 N–H and O–H groups in total. The number of nitrogen functional groups attached to an aromatic ring is 1. The van der Waals surface area contributed by atoms with Crippen LogP contribution in [0.25, 0.3) is 0 Å². The highest BCUT2D eigenvalue weighted by Gasteiger charge is 2.15. The fourth-order valence-electron chi connectivity index (χ4n) is 1.62. The van der Waals surface area contributed by atoms with Crippen molar-refractivity contribution < 1.29 is 9.13 Å². The molecule has 18 heavy (non-hydrogen) atoms. The summed E-state index contributed by atoms with van der Waals surface area (Å²) in [6.07, 6.45) is 0.716. The molecule has 96 valence electrons. The average Bonchev–Trinajstić information content (AvgIpc) is 2.61. The summed E-state index contributed by atoms with van der Waals surface area (Å²) >= 11 is 3.30. The van der Waals surface area contributed by atoms with Crippen LogP contribution in [0, 0.1) is 5.82 Å².